The molecule has 0 aliphatic carbocycles. The summed E-state index contributed by atoms with van der Waals surface area (Å²) < 4.78 is 0. The number of nitrogens with two attached hydrogens (primary N) is 1. The van der Waals surface area contributed by atoms with E-state index >= 15 is 0 Å². The van der Waals surface area contributed by atoms with Gasteiger partial charge in [-0.2, -0.15) is 0 Å². The highest BCUT2D eigenvalue weighted by Crippen LogP contribution is 2.34. The predicted molar refractivity (Wildman–Crippen MR) is 82.1 cm³/mol. The second-order valence-electron chi connectivity index (χ2n) is 5.92. The zero-order chi connectivity index (χ0) is 14.3. The predicted octanol–water partition coefficient (Wildman–Crippen LogP) is 1.29. The lowest BCUT2D eigenvalue weighted by Gasteiger charge is -2.40. The van der Waals surface area contributed by atoms with Crippen LogP contribution in [-0.2, 0) is 11.2 Å². The van der Waals surface area contributed by atoms with E-state index in [0.717, 1.165) is 48.7 Å². The number of hydrogen-bond donors (Lipinski definition) is 2. The highest BCUT2D eigenvalue weighted by molar-refractivity contribution is 5.95. The molecule has 2 aliphatic rings. The molecule has 0 spiro atoms. The maximum atomic E-state index is 11.5. The van der Waals surface area contributed by atoms with E-state index in [1.807, 2.05) is 12.1 Å². The van der Waals surface area contributed by atoms with Crippen LogP contribution in [-0.4, -0.2) is 43.5 Å². The van der Waals surface area contributed by atoms with E-state index in [2.05, 4.69) is 29.1 Å². The molecule has 20 heavy (non-hydrogen) atoms. The van der Waals surface area contributed by atoms with Gasteiger partial charge in [-0.05, 0) is 38.1 Å². The van der Waals surface area contributed by atoms with Crippen molar-refractivity contribution in [1.82, 2.24) is 4.90 Å². The third-order valence-corrected chi connectivity index (χ3v) is 4.29. The number of anilines is 3. The van der Waals surface area contributed by atoms with E-state index in [1.54, 1.807) is 0 Å². The Morgan fingerprint density at radius 2 is 2.10 bits per heavy atom. The number of benzene rings is 1. The van der Waals surface area contributed by atoms with E-state index in [0.29, 0.717) is 12.5 Å². The Kier molecular flexibility index (Phi) is 3.30. The van der Waals surface area contributed by atoms with Crippen LogP contribution >= 0.6 is 0 Å². The number of nitrogens with zero attached hydrogens (tertiary/aromatic N) is 2. The monoisotopic (exact) mass is 274 g/mol. The second-order valence-corrected chi connectivity index (χ2v) is 5.92. The first-order valence-corrected chi connectivity index (χ1v) is 7.22. The van der Waals surface area contributed by atoms with Gasteiger partial charge in [0.2, 0.25) is 5.91 Å². The number of fused-ring (bicyclic) bond motifs is 1. The average Bonchev–Trinajstić information content (AvgIpc) is 2.39. The van der Waals surface area contributed by atoms with Crippen LogP contribution in [0.25, 0.3) is 0 Å². The first-order chi connectivity index (χ1) is 9.54. The van der Waals surface area contributed by atoms with E-state index in [-0.39, 0.29) is 5.91 Å². The Bertz CT molecular complexity index is 543. The lowest BCUT2D eigenvalue weighted by atomic mass is 10.00. The summed E-state index contributed by atoms with van der Waals surface area (Å²) in [6.45, 7) is 5.25. The molecular weight excluding hydrogens is 252 g/mol. The fourth-order valence-electron chi connectivity index (χ4n) is 3.18. The van der Waals surface area contributed by atoms with Gasteiger partial charge in [-0.3, -0.25) is 4.79 Å². The summed E-state index contributed by atoms with van der Waals surface area (Å²) in [5.74, 6) is 0.0969. The minimum absolute atomic E-state index is 0.0969. The number of carbonyl (C=O) groups excluding carboxylic acids is 1. The molecule has 2 aliphatic heterocycles. The quantitative estimate of drug-likeness (QED) is 0.758. The molecule has 1 aromatic carbocycles. The molecule has 0 saturated carbocycles. The Morgan fingerprint density at radius 1 is 1.30 bits per heavy atom. The average molecular weight is 274 g/mol. The molecule has 1 amide bonds. The summed E-state index contributed by atoms with van der Waals surface area (Å²) in [6.07, 6.45) is 1.33. The molecular formula is C15H22N4O. The highest BCUT2D eigenvalue weighted by atomic mass is 16.1. The van der Waals surface area contributed by atoms with Gasteiger partial charge in [-0.1, -0.05) is 0 Å². The number of carbonyl (C=O) groups is 1. The first-order valence-electron chi connectivity index (χ1n) is 7.22. The molecule has 3 rings (SSSR count). The number of rotatable bonds is 1. The van der Waals surface area contributed by atoms with E-state index in [9.17, 15) is 4.79 Å². The lowest BCUT2D eigenvalue weighted by molar-refractivity contribution is -0.116. The number of piperazine rings is 1. The fraction of sp³-hybridized carbons (Fsp3) is 0.533. The van der Waals surface area contributed by atoms with Crippen LogP contribution in [0.5, 0.6) is 0 Å². The van der Waals surface area contributed by atoms with Crippen molar-refractivity contribution in [3.8, 4) is 0 Å². The van der Waals surface area contributed by atoms with Gasteiger partial charge >= 0.3 is 0 Å². The van der Waals surface area contributed by atoms with Crippen molar-refractivity contribution in [2.45, 2.75) is 25.8 Å². The van der Waals surface area contributed by atoms with Crippen molar-refractivity contribution >= 4 is 23.0 Å². The van der Waals surface area contributed by atoms with Gasteiger partial charge in [0.15, 0.2) is 0 Å². The number of hydrogen-bond acceptors (Lipinski definition) is 4. The Balaban J connectivity index is 1.93. The van der Waals surface area contributed by atoms with Crippen LogP contribution < -0.4 is 16.0 Å². The molecule has 5 nitrogen and oxygen atoms in total. The molecule has 3 N–H and O–H groups in total. The summed E-state index contributed by atoms with van der Waals surface area (Å²) >= 11 is 0. The number of nitrogen functional groups attached to an aromatic ring is 1. The van der Waals surface area contributed by atoms with Crippen molar-refractivity contribution in [2.75, 3.05) is 42.6 Å². The second kappa shape index (κ2) is 4.98. The minimum atomic E-state index is 0.0969. The Labute approximate surface area is 119 Å². The SMILES string of the molecule is CC1CN(C)CCN1c1cc2c(cc1N)CCC(=O)N2. The number of amides is 1. The summed E-state index contributed by atoms with van der Waals surface area (Å²) in [7, 11) is 2.14. The first kappa shape index (κ1) is 13.2. The molecule has 2 heterocycles. The van der Waals surface area contributed by atoms with Gasteiger partial charge in [-0.15, -0.1) is 0 Å². The standard InChI is InChI=1S/C15H22N4O/c1-10-9-18(2)5-6-19(10)14-8-13-11(7-12(14)16)3-4-15(20)17-13/h7-8,10H,3-6,9,16H2,1-2H3,(H,17,20). The number of likely N-dealkylation sites (N-methyl/N-ethyl adjacent to an activating group) is 1. The van der Waals surface area contributed by atoms with Crippen molar-refractivity contribution in [3.05, 3.63) is 17.7 Å². The van der Waals surface area contributed by atoms with Gasteiger partial charge in [0.25, 0.3) is 0 Å². The van der Waals surface area contributed by atoms with Crippen molar-refractivity contribution in [2.24, 2.45) is 0 Å². The van der Waals surface area contributed by atoms with Crippen LogP contribution in [0.15, 0.2) is 12.1 Å². The van der Waals surface area contributed by atoms with Gasteiger partial charge in [0.1, 0.15) is 0 Å². The van der Waals surface area contributed by atoms with Crippen LogP contribution in [0, 0.1) is 0 Å². The molecule has 1 aromatic rings. The molecule has 1 atom stereocenters. The van der Waals surface area contributed by atoms with E-state index in [1.165, 1.54) is 0 Å². The maximum absolute atomic E-state index is 11.5. The van der Waals surface area contributed by atoms with Crippen molar-refractivity contribution in [3.63, 3.8) is 0 Å². The lowest BCUT2D eigenvalue weighted by Crippen LogP contribution is -2.50. The zero-order valence-corrected chi connectivity index (χ0v) is 12.1. The zero-order valence-electron chi connectivity index (χ0n) is 12.1. The fourth-order valence-corrected chi connectivity index (χ4v) is 3.18. The van der Waals surface area contributed by atoms with Crippen LogP contribution in [0.1, 0.15) is 18.9 Å². The molecule has 1 saturated heterocycles. The number of nitrogens with one attached hydrogen (secondary N) is 1. The minimum Gasteiger partial charge on any atom is -0.397 e. The van der Waals surface area contributed by atoms with Crippen LogP contribution in [0.2, 0.25) is 0 Å². The largest absolute Gasteiger partial charge is 0.397 e. The Hall–Kier alpha value is -1.75. The van der Waals surface area contributed by atoms with Gasteiger partial charge < -0.3 is 20.9 Å². The molecule has 5 heteroatoms. The third kappa shape index (κ3) is 2.33. The van der Waals surface area contributed by atoms with Gasteiger partial charge in [0.05, 0.1) is 11.4 Å². The van der Waals surface area contributed by atoms with Crippen molar-refractivity contribution in [1.29, 1.82) is 0 Å². The molecule has 0 aromatic heterocycles. The van der Waals surface area contributed by atoms with E-state index < -0.39 is 0 Å². The Morgan fingerprint density at radius 3 is 2.85 bits per heavy atom. The van der Waals surface area contributed by atoms with Crippen molar-refractivity contribution < 1.29 is 4.79 Å². The topological polar surface area (TPSA) is 61.6 Å². The molecule has 108 valence electrons. The number of aryl methyl sites for hydroxylation is 1. The summed E-state index contributed by atoms with van der Waals surface area (Å²) in [5.41, 5.74) is 10.2. The summed E-state index contributed by atoms with van der Waals surface area (Å²) in [4.78, 5) is 16.2. The summed E-state index contributed by atoms with van der Waals surface area (Å²) in [6, 6.07) is 4.49. The highest BCUT2D eigenvalue weighted by Gasteiger charge is 2.25. The third-order valence-electron chi connectivity index (χ3n) is 4.29. The van der Waals surface area contributed by atoms with Crippen LogP contribution in [0.4, 0.5) is 17.1 Å². The van der Waals surface area contributed by atoms with Gasteiger partial charge in [-0.25, -0.2) is 0 Å². The smallest absolute Gasteiger partial charge is 0.224 e. The maximum Gasteiger partial charge on any atom is 0.224 e. The molecule has 1 fully saturated rings. The molecule has 0 radical (unpaired) electrons. The molecule has 1 unspecified atom stereocenters. The van der Waals surface area contributed by atoms with Gasteiger partial charge in [0, 0.05) is 37.8 Å². The van der Waals surface area contributed by atoms with Crippen LogP contribution in [0.3, 0.4) is 0 Å². The normalized spacial score (nSPS) is 23.4. The molecule has 0 bridgehead atoms. The van der Waals surface area contributed by atoms with E-state index in [4.69, 9.17) is 5.73 Å². The summed E-state index contributed by atoms with van der Waals surface area (Å²) in [5, 5.41) is 2.96.